The summed E-state index contributed by atoms with van der Waals surface area (Å²) in [5.41, 5.74) is -28.2. The number of nitriles is 1. The van der Waals surface area contributed by atoms with Gasteiger partial charge in [0.15, 0.2) is 0 Å². The van der Waals surface area contributed by atoms with Gasteiger partial charge in [-0.05, 0) is 36.4 Å². The van der Waals surface area contributed by atoms with Crippen LogP contribution in [0.15, 0.2) is 122 Å². The largest absolute Gasteiger partial charge is 2.00 e. The van der Waals surface area contributed by atoms with Gasteiger partial charge in [0.2, 0.25) is 0 Å². The van der Waals surface area contributed by atoms with Crippen LogP contribution in [0.25, 0.3) is 21.8 Å². The van der Waals surface area contributed by atoms with Crippen LogP contribution in [-0.2, 0) is 69.8 Å². The second-order valence-electron chi connectivity index (χ2n) is 15.7. The summed E-state index contributed by atoms with van der Waals surface area (Å²) >= 11 is 0. The normalized spacial score (nSPS) is 12.8. The Morgan fingerprint density at radius 2 is 0.513 bits per heavy atom. The molecule has 0 fully saturated rings. The molecule has 29 heteroatoms. The first kappa shape index (κ1) is 63.7. The Bertz CT molecular complexity index is 2720. The quantitative estimate of drug-likeness (QED) is 0.0764. The summed E-state index contributed by atoms with van der Waals surface area (Å²) in [4.78, 5) is 8.69. The van der Waals surface area contributed by atoms with Crippen molar-refractivity contribution >= 4 is 49.8 Å². The van der Waals surface area contributed by atoms with Crippen LogP contribution in [0.3, 0.4) is 0 Å². The third-order valence-electron chi connectivity index (χ3n) is 10.8. The van der Waals surface area contributed by atoms with E-state index in [1.165, 1.54) is 6.92 Å². The Morgan fingerprint density at radius 3 is 0.671 bits per heavy atom. The number of alkyl halides is 24. The van der Waals surface area contributed by atoms with Gasteiger partial charge < -0.3 is 7.43 Å². The molecule has 410 valence electrons. The molecule has 0 aliphatic heterocycles. The van der Waals surface area contributed by atoms with Gasteiger partial charge >= 0.3 is 69.8 Å². The number of pyridine rings is 2. The second kappa shape index (κ2) is 22.2. The maximum absolute atomic E-state index is 14.2. The van der Waals surface area contributed by atoms with Crippen molar-refractivity contribution in [1.82, 2.24) is 9.97 Å². The zero-order chi connectivity index (χ0) is 56.0. The van der Waals surface area contributed by atoms with Gasteiger partial charge in [0, 0.05) is 30.1 Å². The van der Waals surface area contributed by atoms with Crippen LogP contribution in [-0.4, -0.2) is 16.1 Å². The fourth-order valence-electron chi connectivity index (χ4n) is 7.75. The molecule has 0 unspecified atom stereocenters. The summed E-state index contributed by atoms with van der Waals surface area (Å²) in [7, 11) is 0. The molecule has 0 saturated carbocycles. The predicted molar refractivity (Wildman–Crippen MR) is 225 cm³/mol. The minimum absolute atomic E-state index is 0. The van der Waals surface area contributed by atoms with Gasteiger partial charge in [-0.25, -0.2) is 0 Å². The Balaban J connectivity index is 0.000000671. The van der Waals surface area contributed by atoms with Gasteiger partial charge in [-0.3, -0.25) is 9.97 Å². The van der Waals surface area contributed by atoms with E-state index in [-0.39, 0.29) is 27.8 Å². The number of hydrogen-bond donors (Lipinski definition) is 0. The molecule has 0 spiro atoms. The summed E-state index contributed by atoms with van der Waals surface area (Å²) in [5.74, 6) is 0. The molecular formula is C47H26BF24N3Pd. The Hall–Kier alpha value is -6.54. The number of rotatable bonds is 4. The van der Waals surface area contributed by atoms with Crippen molar-refractivity contribution in [3.63, 3.8) is 0 Å². The van der Waals surface area contributed by atoms with E-state index in [9.17, 15) is 105 Å². The SMILES string of the molecule is CC#N.FC(F)(F)c1cc([B-](c2cc(C(F)(F)F)cc(C(F)(F)F)c2)(c2cc(C(F)(F)F)cc(C(F)(F)F)c2)c2cc(C(F)(F)F)cc(C(F)(F)F)c2)cc(C(F)(F)F)c1.[CH3-].[Pd+2].c1cnc2c(c1)ccc1cccnc12. The van der Waals surface area contributed by atoms with Crippen LogP contribution in [0.1, 0.15) is 51.4 Å². The predicted octanol–water partition coefficient (Wildman–Crippen LogP) is 15.0. The van der Waals surface area contributed by atoms with Crippen LogP contribution in [0.5, 0.6) is 0 Å². The average Bonchev–Trinajstić information content (AvgIpc) is 3.27. The van der Waals surface area contributed by atoms with E-state index >= 15 is 0 Å². The molecule has 0 atom stereocenters. The molecule has 3 nitrogen and oxygen atoms in total. The van der Waals surface area contributed by atoms with Crippen LogP contribution in [0.4, 0.5) is 105 Å². The van der Waals surface area contributed by atoms with Crippen LogP contribution < -0.4 is 21.9 Å². The molecule has 0 radical (unpaired) electrons. The van der Waals surface area contributed by atoms with Crippen molar-refractivity contribution in [2.24, 2.45) is 0 Å². The Kier molecular flexibility index (Phi) is 18.6. The van der Waals surface area contributed by atoms with E-state index in [0.29, 0.717) is 0 Å². The van der Waals surface area contributed by atoms with Crippen LogP contribution in [0.2, 0.25) is 0 Å². The van der Waals surface area contributed by atoms with Gasteiger partial charge in [0.05, 0.1) is 61.6 Å². The fraction of sp³-hybridized carbons (Fsp3) is 0.191. The summed E-state index contributed by atoms with van der Waals surface area (Å²) in [5, 5.41) is 9.59. The Morgan fingerprint density at radius 1 is 0.342 bits per heavy atom. The van der Waals surface area contributed by atoms with Gasteiger partial charge in [-0.1, -0.05) is 72.8 Å². The minimum Gasteiger partial charge on any atom is -0.358 e. The minimum atomic E-state index is -6.13. The summed E-state index contributed by atoms with van der Waals surface area (Å²) in [6.45, 7) is 1.43. The number of nitrogens with zero attached hydrogens (tertiary/aromatic N) is 3. The van der Waals surface area contributed by atoms with Gasteiger partial charge in [0.25, 0.3) is 0 Å². The number of fused-ring (bicyclic) bond motifs is 3. The molecule has 5 aromatic carbocycles. The third-order valence-corrected chi connectivity index (χ3v) is 10.8. The van der Waals surface area contributed by atoms with E-state index in [1.807, 2.05) is 12.1 Å². The second-order valence-corrected chi connectivity index (χ2v) is 15.7. The first-order chi connectivity index (χ1) is 33.6. The average molecular weight is 1210 g/mol. The first-order valence-corrected chi connectivity index (χ1v) is 19.9. The van der Waals surface area contributed by atoms with Gasteiger partial charge in [-0.15, -0.1) is 0 Å². The summed E-state index contributed by atoms with van der Waals surface area (Å²) in [6, 6.07) is 5.08. The maximum atomic E-state index is 14.2. The molecule has 0 bridgehead atoms. The van der Waals surface area contributed by atoms with Gasteiger partial charge in [-0.2, -0.15) is 132 Å². The van der Waals surface area contributed by atoms with Crippen molar-refractivity contribution in [1.29, 1.82) is 5.26 Å². The topological polar surface area (TPSA) is 49.6 Å². The molecule has 0 amide bonds. The van der Waals surface area contributed by atoms with E-state index < -0.39 is 195 Å². The molecule has 0 aliphatic rings. The van der Waals surface area contributed by atoms with Crippen molar-refractivity contribution in [2.45, 2.75) is 56.3 Å². The standard InChI is InChI=1S/C32H12BF24.C12H8N2.C2H3N.CH3.Pd/c34-25(35,36)13-1-14(26(37,38)39)6-21(5-13)33(22-7-15(27(40,41)42)2-16(8-22)28(43,44)45,23-9-17(29(46,47)48)3-18(10-23)30(49,50)51)24-11-19(31(52,53)54)4-20(12-24)32(55,56)57;1-3-9-5-6-10-4-2-8-14-12(10)11(9)13-7-1;1-2-3;;/h1-12H;1-8H;1H3;1H3;/q-1;;;-1;+2. The summed E-state index contributed by atoms with van der Waals surface area (Å²) < 4.78 is 341. The maximum Gasteiger partial charge on any atom is 2.00 e. The van der Waals surface area contributed by atoms with E-state index in [2.05, 4.69) is 34.2 Å². The number of benzene rings is 5. The van der Waals surface area contributed by atoms with Crippen LogP contribution in [0, 0.1) is 18.8 Å². The zero-order valence-corrected chi connectivity index (χ0v) is 38.9. The third kappa shape index (κ3) is 14.3. The molecule has 2 heterocycles. The van der Waals surface area contributed by atoms with E-state index in [1.54, 1.807) is 18.5 Å². The molecule has 76 heavy (non-hydrogen) atoms. The molecule has 0 saturated heterocycles. The van der Waals surface area contributed by atoms with E-state index in [0.717, 1.165) is 21.8 Å². The van der Waals surface area contributed by atoms with Crippen molar-refractivity contribution < 1.29 is 126 Å². The number of hydrogen-bond acceptors (Lipinski definition) is 3. The van der Waals surface area contributed by atoms with E-state index in [4.69, 9.17) is 5.26 Å². The monoisotopic (exact) mass is 1210 g/mol. The molecule has 0 aliphatic carbocycles. The smallest absolute Gasteiger partial charge is 0.358 e. The molecular weight excluding hydrogens is 1180 g/mol. The van der Waals surface area contributed by atoms with Crippen molar-refractivity contribution in [2.75, 3.05) is 0 Å². The van der Waals surface area contributed by atoms with Crippen molar-refractivity contribution in [3.8, 4) is 6.07 Å². The van der Waals surface area contributed by atoms with Crippen LogP contribution >= 0.6 is 0 Å². The summed E-state index contributed by atoms with van der Waals surface area (Å²) in [6.07, 6.45) is -51.2. The number of halogens is 24. The first-order valence-electron chi connectivity index (χ1n) is 19.9. The molecule has 2 aromatic heterocycles. The zero-order valence-electron chi connectivity index (χ0n) is 37.4. The van der Waals surface area contributed by atoms with Crippen molar-refractivity contribution in [3.05, 3.63) is 174 Å². The van der Waals surface area contributed by atoms with Gasteiger partial charge in [0.1, 0.15) is 6.15 Å². The molecule has 7 aromatic rings. The molecule has 7 rings (SSSR count). The fourth-order valence-corrected chi connectivity index (χ4v) is 7.75. The number of aromatic nitrogens is 2. The Labute approximate surface area is 425 Å². The molecule has 0 N–H and O–H groups in total.